The van der Waals surface area contributed by atoms with Gasteiger partial charge in [-0.05, 0) is 41.8 Å². The number of nitrogens with one attached hydrogen (secondary N) is 3. The molecule has 0 aliphatic carbocycles. The maximum absolute atomic E-state index is 13.3. The molecule has 0 radical (unpaired) electrons. The Bertz CT molecular complexity index is 1110. The summed E-state index contributed by atoms with van der Waals surface area (Å²) in [5, 5.41) is 8.33. The van der Waals surface area contributed by atoms with E-state index in [1.165, 1.54) is 4.90 Å². The molecule has 4 rings (SSSR count). The van der Waals surface area contributed by atoms with Crippen LogP contribution in [0, 0.1) is 0 Å². The summed E-state index contributed by atoms with van der Waals surface area (Å²) in [6.45, 7) is 4.17. The van der Waals surface area contributed by atoms with Crippen molar-refractivity contribution in [2.45, 2.75) is 18.5 Å². The van der Waals surface area contributed by atoms with E-state index in [-0.39, 0.29) is 30.4 Å². The summed E-state index contributed by atoms with van der Waals surface area (Å²) in [6.07, 6.45) is 5.80. The standard InChI is InChI=1S/C25H26N4O4/c1-3-12-26-25(32)27-18-14-22-23(30)28-21-11-8-17(13-20(21)24(31)29(22)15-18)5-4-16-6-9-19(33-2)10-7-16/h3-11,13,18,22H,1,12,14-15H2,2H3,(H,28,30)(H2,26,27,32)/t18-,22-/m0/s1. The van der Waals surface area contributed by atoms with Gasteiger partial charge < -0.3 is 25.6 Å². The first-order chi connectivity index (χ1) is 16.0. The highest BCUT2D eigenvalue weighted by Crippen LogP contribution is 2.30. The zero-order chi connectivity index (χ0) is 23.4. The van der Waals surface area contributed by atoms with Gasteiger partial charge in [-0.3, -0.25) is 9.59 Å². The van der Waals surface area contributed by atoms with Crippen LogP contribution in [-0.2, 0) is 4.79 Å². The summed E-state index contributed by atoms with van der Waals surface area (Å²) in [4.78, 5) is 39.6. The van der Waals surface area contributed by atoms with Crippen LogP contribution in [0.25, 0.3) is 12.2 Å². The van der Waals surface area contributed by atoms with E-state index in [1.807, 2.05) is 42.5 Å². The van der Waals surface area contributed by atoms with Crippen molar-refractivity contribution >= 4 is 35.7 Å². The lowest BCUT2D eigenvalue weighted by molar-refractivity contribution is -0.119. The highest BCUT2D eigenvalue weighted by molar-refractivity contribution is 6.10. The number of carbonyl (C=O) groups excluding carboxylic acids is 3. The molecule has 0 spiro atoms. The van der Waals surface area contributed by atoms with Gasteiger partial charge in [0.15, 0.2) is 0 Å². The number of anilines is 1. The minimum Gasteiger partial charge on any atom is -0.497 e. The van der Waals surface area contributed by atoms with Gasteiger partial charge in [0.2, 0.25) is 5.91 Å². The van der Waals surface area contributed by atoms with Crippen LogP contribution in [0.5, 0.6) is 5.75 Å². The van der Waals surface area contributed by atoms with Crippen LogP contribution in [-0.4, -0.2) is 55.0 Å². The molecule has 0 bridgehead atoms. The van der Waals surface area contributed by atoms with Crippen LogP contribution in [0.2, 0.25) is 0 Å². The van der Waals surface area contributed by atoms with Gasteiger partial charge in [-0.15, -0.1) is 6.58 Å². The van der Waals surface area contributed by atoms with Gasteiger partial charge in [0.25, 0.3) is 5.91 Å². The van der Waals surface area contributed by atoms with Crippen molar-refractivity contribution in [3.8, 4) is 5.75 Å². The number of hydrogen-bond donors (Lipinski definition) is 3. The Morgan fingerprint density at radius 2 is 1.91 bits per heavy atom. The first-order valence-electron chi connectivity index (χ1n) is 10.7. The van der Waals surface area contributed by atoms with Crippen LogP contribution >= 0.6 is 0 Å². The van der Waals surface area contributed by atoms with Crippen LogP contribution in [0.15, 0.2) is 55.1 Å². The zero-order valence-electron chi connectivity index (χ0n) is 18.3. The van der Waals surface area contributed by atoms with E-state index in [1.54, 1.807) is 25.3 Å². The SMILES string of the molecule is C=CCNC(=O)N[C@H]1C[C@H]2C(=O)Nc3ccc(C=Cc4ccc(OC)cc4)cc3C(=O)N2C1. The Kier molecular flexibility index (Phi) is 6.44. The van der Waals surface area contributed by atoms with Gasteiger partial charge in [-0.2, -0.15) is 0 Å². The second-order valence-electron chi connectivity index (χ2n) is 7.95. The normalized spacial score (nSPS) is 19.4. The number of benzene rings is 2. The van der Waals surface area contributed by atoms with E-state index in [2.05, 4.69) is 22.5 Å². The first kappa shape index (κ1) is 22.1. The van der Waals surface area contributed by atoms with Crippen LogP contribution in [0.3, 0.4) is 0 Å². The van der Waals surface area contributed by atoms with Gasteiger partial charge in [-0.1, -0.05) is 36.4 Å². The van der Waals surface area contributed by atoms with E-state index in [0.717, 1.165) is 16.9 Å². The summed E-state index contributed by atoms with van der Waals surface area (Å²) in [7, 11) is 1.62. The van der Waals surface area contributed by atoms with Gasteiger partial charge in [-0.25, -0.2) is 4.79 Å². The lowest BCUT2D eigenvalue weighted by Gasteiger charge is -2.20. The highest BCUT2D eigenvalue weighted by Gasteiger charge is 2.43. The van der Waals surface area contributed by atoms with E-state index >= 15 is 0 Å². The minimum atomic E-state index is -0.632. The molecule has 33 heavy (non-hydrogen) atoms. The quantitative estimate of drug-likeness (QED) is 0.469. The van der Waals surface area contributed by atoms with E-state index in [0.29, 0.717) is 24.2 Å². The Labute approximate surface area is 192 Å². The fourth-order valence-corrected chi connectivity index (χ4v) is 4.04. The molecule has 0 saturated carbocycles. The Hall–Kier alpha value is -4.07. The van der Waals surface area contributed by atoms with Gasteiger partial charge in [0.05, 0.1) is 24.4 Å². The number of amides is 4. The summed E-state index contributed by atoms with van der Waals surface area (Å²) < 4.78 is 5.18. The number of hydrogen-bond acceptors (Lipinski definition) is 4. The van der Waals surface area contributed by atoms with Crippen molar-refractivity contribution in [3.05, 3.63) is 71.8 Å². The van der Waals surface area contributed by atoms with Crippen LogP contribution in [0.4, 0.5) is 10.5 Å². The molecule has 0 aromatic heterocycles. The predicted octanol–water partition coefficient (Wildman–Crippen LogP) is 2.89. The molecule has 170 valence electrons. The molecule has 2 aliphatic rings. The molecule has 1 fully saturated rings. The lowest BCUT2D eigenvalue weighted by Crippen LogP contribution is -2.44. The summed E-state index contributed by atoms with van der Waals surface area (Å²) in [6, 6.07) is 11.7. The molecule has 2 aromatic carbocycles. The maximum atomic E-state index is 13.3. The monoisotopic (exact) mass is 446 g/mol. The zero-order valence-corrected chi connectivity index (χ0v) is 18.3. The fourth-order valence-electron chi connectivity index (χ4n) is 4.04. The Balaban J connectivity index is 1.51. The fraction of sp³-hybridized carbons (Fsp3) is 0.240. The molecule has 1 saturated heterocycles. The van der Waals surface area contributed by atoms with Gasteiger partial charge in [0.1, 0.15) is 11.8 Å². The molecular weight excluding hydrogens is 420 g/mol. The molecule has 2 heterocycles. The van der Waals surface area contributed by atoms with Crippen molar-refractivity contribution in [1.29, 1.82) is 0 Å². The third kappa shape index (κ3) is 4.90. The van der Waals surface area contributed by atoms with Crippen LogP contribution < -0.4 is 20.7 Å². The van der Waals surface area contributed by atoms with E-state index in [9.17, 15) is 14.4 Å². The summed E-state index contributed by atoms with van der Waals surface area (Å²) in [5.41, 5.74) is 2.76. The molecule has 3 N–H and O–H groups in total. The molecule has 8 heteroatoms. The number of methoxy groups -OCH3 is 1. The third-order valence-electron chi connectivity index (χ3n) is 5.72. The Morgan fingerprint density at radius 1 is 1.18 bits per heavy atom. The predicted molar refractivity (Wildman–Crippen MR) is 127 cm³/mol. The van der Waals surface area contributed by atoms with E-state index in [4.69, 9.17) is 4.74 Å². The van der Waals surface area contributed by atoms with Crippen molar-refractivity contribution < 1.29 is 19.1 Å². The van der Waals surface area contributed by atoms with E-state index < -0.39 is 6.04 Å². The third-order valence-corrected chi connectivity index (χ3v) is 5.72. The van der Waals surface area contributed by atoms with Crippen molar-refractivity contribution in [2.75, 3.05) is 25.5 Å². The van der Waals surface area contributed by atoms with Crippen molar-refractivity contribution in [1.82, 2.24) is 15.5 Å². The molecule has 4 amide bonds. The average Bonchev–Trinajstić information content (AvgIpc) is 3.22. The molecule has 2 aromatic rings. The molecule has 0 unspecified atom stereocenters. The summed E-state index contributed by atoms with van der Waals surface area (Å²) in [5.74, 6) is 0.299. The molecule has 2 atom stereocenters. The lowest BCUT2D eigenvalue weighted by atomic mass is 10.1. The highest BCUT2D eigenvalue weighted by atomic mass is 16.5. The maximum Gasteiger partial charge on any atom is 0.315 e. The largest absolute Gasteiger partial charge is 0.497 e. The number of ether oxygens (including phenoxy) is 1. The van der Waals surface area contributed by atoms with Crippen molar-refractivity contribution in [3.63, 3.8) is 0 Å². The van der Waals surface area contributed by atoms with Gasteiger partial charge in [0, 0.05) is 13.1 Å². The smallest absolute Gasteiger partial charge is 0.315 e. The van der Waals surface area contributed by atoms with Gasteiger partial charge >= 0.3 is 6.03 Å². The number of carbonyl (C=O) groups is 3. The number of fused-ring (bicyclic) bond motifs is 2. The average molecular weight is 447 g/mol. The molecule has 8 nitrogen and oxygen atoms in total. The van der Waals surface area contributed by atoms with Crippen molar-refractivity contribution in [2.24, 2.45) is 0 Å². The topological polar surface area (TPSA) is 99.8 Å². The number of rotatable bonds is 6. The second-order valence-corrected chi connectivity index (χ2v) is 7.95. The molecule has 2 aliphatic heterocycles. The minimum absolute atomic E-state index is 0.233. The Morgan fingerprint density at radius 3 is 2.64 bits per heavy atom. The second kappa shape index (κ2) is 9.60. The first-order valence-corrected chi connectivity index (χ1v) is 10.7. The summed E-state index contributed by atoms with van der Waals surface area (Å²) >= 11 is 0. The van der Waals surface area contributed by atoms with Crippen LogP contribution in [0.1, 0.15) is 27.9 Å². The molecular formula is C25H26N4O4. The number of urea groups is 1. The number of nitrogens with zero attached hydrogens (tertiary/aromatic N) is 1.